The number of cyclic esters (lactones) is 1. The van der Waals surface area contributed by atoms with Gasteiger partial charge in [-0.1, -0.05) is 30.3 Å². The number of hydrogen-bond donors (Lipinski definition) is 1. The molecule has 3 atom stereocenters. The Morgan fingerprint density at radius 3 is 2.39 bits per heavy atom. The lowest BCUT2D eigenvalue weighted by Crippen LogP contribution is -2.47. The molecule has 7 heteroatoms. The lowest BCUT2D eigenvalue weighted by atomic mass is 9.72. The van der Waals surface area contributed by atoms with Crippen molar-refractivity contribution in [3.63, 3.8) is 0 Å². The molecule has 3 unspecified atom stereocenters. The molecule has 3 fully saturated rings. The molecule has 1 N–H and O–H groups in total. The largest absolute Gasteiger partial charge is 0.441 e. The maximum atomic E-state index is 12.9. The average molecular weight is 449 g/mol. The molecule has 1 aliphatic carbocycles. The van der Waals surface area contributed by atoms with Crippen LogP contribution in [0.5, 0.6) is 0 Å². The van der Waals surface area contributed by atoms with Gasteiger partial charge in [0, 0.05) is 36.8 Å². The summed E-state index contributed by atoms with van der Waals surface area (Å²) in [7, 11) is 0. The van der Waals surface area contributed by atoms with E-state index in [0.29, 0.717) is 12.5 Å². The molecule has 1 aromatic heterocycles. The lowest BCUT2D eigenvalue weighted by Gasteiger charge is -2.41. The van der Waals surface area contributed by atoms with Gasteiger partial charge in [-0.3, -0.25) is 9.69 Å². The number of rotatable bonds is 4. The van der Waals surface area contributed by atoms with Crippen molar-refractivity contribution in [1.82, 2.24) is 20.2 Å². The van der Waals surface area contributed by atoms with Crippen molar-refractivity contribution >= 4 is 12.0 Å². The number of benzene rings is 1. The Hall–Kier alpha value is -2.96. The maximum absolute atomic E-state index is 12.9. The van der Waals surface area contributed by atoms with Gasteiger partial charge in [-0.2, -0.15) is 0 Å². The minimum atomic E-state index is -0.582. The molecule has 5 rings (SSSR count). The van der Waals surface area contributed by atoms with Gasteiger partial charge in [0.25, 0.3) is 0 Å². The van der Waals surface area contributed by atoms with Crippen molar-refractivity contribution in [3.05, 3.63) is 60.2 Å². The van der Waals surface area contributed by atoms with Gasteiger partial charge in [-0.25, -0.2) is 14.8 Å². The zero-order valence-electron chi connectivity index (χ0n) is 19.3. The smallest absolute Gasteiger partial charge is 0.411 e. The Bertz CT molecular complexity index is 989. The third-order valence-corrected chi connectivity index (χ3v) is 7.67. The van der Waals surface area contributed by atoms with Crippen molar-refractivity contribution in [2.45, 2.75) is 69.6 Å². The second-order valence-electron chi connectivity index (χ2n) is 10.2. The van der Waals surface area contributed by atoms with Gasteiger partial charge in [0.1, 0.15) is 11.4 Å². The quantitative estimate of drug-likeness (QED) is 0.757. The predicted octanol–water partition coefficient (Wildman–Crippen LogP) is 4.23. The topological polar surface area (TPSA) is 84.4 Å². The Labute approximate surface area is 194 Å². The van der Waals surface area contributed by atoms with E-state index in [0.717, 1.165) is 43.5 Å². The van der Waals surface area contributed by atoms with Crippen LogP contribution in [0.15, 0.2) is 48.8 Å². The third-order valence-electron chi connectivity index (χ3n) is 7.67. The molecule has 0 radical (unpaired) electrons. The summed E-state index contributed by atoms with van der Waals surface area (Å²) < 4.78 is 5.81. The number of ether oxygens (including phenoxy) is 1. The number of amides is 2. The first-order valence-electron chi connectivity index (χ1n) is 12.0. The molecule has 3 heterocycles. The molecule has 2 saturated heterocycles. The first kappa shape index (κ1) is 21.9. The van der Waals surface area contributed by atoms with Gasteiger partial charge < -0.3 is 10.1 Å². The minimum absolute atomic E-state index is 0.0274. The Kier molecular flexibility index (Phi) is 5.81. The van der Waals surface area contributed by atoms with Crippen LogP contribution in [0.25, 0.3) is 0 Å². The van der Waals surface area contributed by atoms with Gasteiger partial charge >= 0.3 is 6.09 Å². The zero-order valence-corrected chi connectivity index (χ0v) is 19.3. The molecule has 0 spiro atoms. The molecule has 2 aliphatic heterocycles. The summed E-state index contributed by atoms with van der Waals surface area (Å²) in [5.41, 5.74) is 0.523. The van der Waals surface area contributed by atoms with Crippen LogP contribution in [0.2, 0.25) is 0 Å². The average Bonchev–Trinajstić information content (AvgIpc) is 3.08. The summed E-state index contributed by atoms with van der Waals surface area (Å²) in [5.74, 6) is 1.40. The van der Waals surface area contributed by atoms with E-state index in [1.807, 2.05) is 43.0 Å². The first-order valence-corrected chi connectivity index (χ1v) is 12.0. The van der Waals surface area contributed by atoms with Crippen LogP contribution in [-0.2, 0) is 9.53 Å². The SMILES string of the molecule is CC1(C)OC(=O)N(C2CCC(C3CC(c4ncccn4)CNC3=O)CC2)C1c1ccccc1. The van der Waals surface area contributed by atoms with Gasteiger partial charge in [0.2, 0.25) is 5.91 Å². The first-order chi connectivity index (χ1) is 15.9. The van der Waals surface area contributed by atoms with E-state index in [1.165, 1.54) is 0 Å². The highest BCUT2D eigenvalue weighted by molar-refractivity contribution is 5.80. The molecule has 0 bridgehead atoms. The lowest BCUT2D eigenvalue weighted by molar-refractivity contribution is -0.129. The fraction of sp³-hybridized carbons (Fsp3) is 0.538. The number of carbonyl (C=O) groups is 2. The van der Waals surface area contributed by atoms with Crippen molar-refractivity contribution in [1.29, 1.82) is 0 Å². The van der Waals surface area contributed by atoms with Gasteiger partial charge in [-0.05, 0) is 63.5 Å². The Morgan fingerprint density at radius 2 is 1.70 bits per heavy atom. The second kappa shape index (κ2) is 8.76. The molecule has 2 amide bonds. The van der Waals surface area contributed by atoms with Gasteiger partial charge in [-0.15, -0.1) is 0 Å². The van der Waals surface area contributed by atoms with E-state index in [4.69, 9.17) is 4.74 Å². The van der Waals surface area contributed by atoms with E-state index in [1.54, 1.807) is 12.4 Å². The van der Waals surface area contributed by atoms with E-state index in [2.05, 4.69) is 27.4 Å². The molecular weight excluding hydrogens is 416 g/mol. The molecule has 1 saturated carbocycles. The highest BCUT2D eigenvalue weighted by atomic mass is 16.6. The molecule has 174 valence electrons. The Balaban J connectivity index is 1.28. The van der Waals surface area contributed by atoms with Crippen molar-refractivity contribution in [2.24, 2.45) is 11.8 Å². The zero-order chi connectivity index (χ0) is 23.0. The molecule has 7 nitrogen and oxygen atoms in total. The maximum Gasteiger partial charge on any atom is 0.411 e. The van der Waals surface area contributed by atoms with Crippen LogP contribution < -0.4 is 5.32 Å². The van der Waals surface area contributed by atoms with Gasteiger partial charge in [0.05, 0.1) is 6.04 Å². The fourth-order valence-corrected chi connectivity index (χ4v) is 6.09. The highest BCUT2D eigenvalue weighted by Crippen LogP contribution is 2.46. The van der Waals surface area contributed by atoms with E-state index < -0.39 is 5.60 Å². The number of hydrogen-bond acceptors (Lipinski definition) is 5. The summed E-state index contributed by atoms with van der Waals surface area (Å²) >= 11 is 0. The highest BCUT2D eigenvalue weighted by Gasteiger charge is 2.51. The van der Waals surface area contributed by atoms with Crippen LogP contribution in [0.3, 0.4) is 0 Å². The van der Waals surface area contributed by atoms with Crippen LogP contribution >= 0.6 is 0 Å². The minimum Gasteiger partial charge on any atom is -0.441 e. The summed E-state index contributed by atoms with van der Waals surface area (Å²) in [5, 5.41) is 3.09. The number of piperidine rings is 1. The molecule has 2 aromatic rings. The van der Waals surface area contributed by atoms with Crippen LogP contribution in [0.4, 0.5) is 4.79 Å². The molecule has 1 aromatic carbocycles. The van der Waals surface area contributed by atoms with Crippen molar-refractivity contribution in [3.8, 4) is 0 Å². The van der Waals surface area contributed by atoms with E-state index in [-0.39, 0.29) is 35.9 Å². The summed E-state index contributed by atoms with van der Waals surface area (Å²) in [6, 6.07) is 12.0. The molecule has 33 heavy (non-hydrogen) atoms. The Morgan fingerprint density at radius 1 is 1.00 bits per heavy atom. The molecule has 3 aliphatic rings. The molecular formula is C26H32N4O3. The fourth-order valence-electron chi connectivity index (χ4n) is 6.09. The monoisotopic (exact) mass is 448 g/mol. The third kappa shape index (κ3) is 4.21. The van der Waals surface area contributed by atoms with Crippen molar-refractivity contribution in [2.75, 3.05) is 6.54 Å². The van der Waals surface area contributed by atoms with Gasteiger partial charge in [0.15, 0.2) is 0 Å². The van der Waals surface area contributed by atoms with Crippen LogP contribution in [0.1, 0.15) is 69.3 Å². The van der Waals surface area contributed by atoms with Crippen LogP contribution in [-0.4, -0.2) is 45.1 Å². The second-order valence-corrected chi connectivity index (χ2v) is 10.2. The number of nitrogens with one attached hydrogen (secondary N) is 1. The van der Waals surface area contributed by atoms with Crippen molar-refractivity contribution < 1.29 is 14.3 Å². The van der Waals surface area contributed by atoms with E-state index >= 15 is 0 Å². The normalized spacial score (nSPS) is 31.7. The standard InChI is InChI=1S/C26H32N4O3/c1-26(2)22(18-7-4-3-5-8-18)30(25(32)33-26)20-11-9-17(10-12-20)21-15-19(16-29-24(21)31)23-27-13-6-14-28-23/h3-8,13-14,17,19-22H,9-12,15-16H2,1-2H3,(H,29,31). The number of aromatic nitrogens is 2. The van der Waals surface area contributed by atoms with E-state index in [9.17, 15) is 9.59 Å². The number of nitrogens with zero attached hydrogens (tertiary/aromatic N) is 3. The summed E-state index contributed by atoms with van der Waals surface area (Å²) in [4.78, 5) is 36.5. The van der Waals surface area contributed by atoms with Crippen LogP contribution in [0, 0.1) is 11.8 Å². The summed E-state index contributed by atoms with van der Waals surface area (Å²) in [6.45, 7) is 4.58. The summed E-state index contributed by atoms with van der Waals surface area (Å²) in [6.07, 6.45) is 7.71. The number of carbonyl (C=O) groups excluding carboxylic acids is 2. The predicted molar refractivity (Wildman–Crippen MR) is 123 cm³/mol.